The van der Waals surface area contributed by atoms with E-state index in [0.29, 0.717) is 0 Å². The lowest BCUT2D eigenvalue weighted by Gasteiger charge is -2.32. The molecule has 1 aromatic heterocycles. The van der Waals surface area contributed by atoms with Crippen molar-refractivity contribution in [3.05, 3.63) is 105 Å². The second-order valence-electron chi connectivity index (χ2n) is 7.54. The van der Waals surface area contributed by atoms with Crippen LogP contribution in [0, 0.1) is 5.82 Å². The Hall–Kier alpha value is -3.24. The topological polar surface area (TPSA) is 17.4 Å². The van der Waals surface area contributed by atoms with E-state index < -0.39 is 0 Å². The summed E-state index contributed by atoms with van der Waals surface area (Å²) in [6.07, 6.45) is 10.3. The third-order valence-corrected chi connectivity index (χ3v) is 6.70. The van der Waals surface area contributed by atoms with E-state index in [0.717, 1.165) is 28.3 Å². The van der Waals surface area contributed by atoms with Gasteiger partial charge in [0.2, 0.25) is 0 Å². The van der Waals surface area contributed by atoms with Crippen molar-refractivity contribution in [2.24, 2.45) is 0 Å². The molecule has 0 radical (unpaired) electrons. The number of hydrogen-bond acceptors (Lipinski definition) is 2. The van der Waals surface area contributed by atoms with Crippen molar-refractivity contribution in [3.8, 4) is 0 Å². The highest BCUT2D eigenvalue weighted by atomic mass is 32.1. The zero-order chi connectivity index (χ0) is 20.7. The molecule has 2 aromatic carbocycles. The van der Waals surface area contributed by atoms with Gasteiger partial charge in [-0.05, 0) is 65.5 Å². The van der Waals surface area contributed by atoms with Crippen LogP contribution in [-0.4, -0.2) is 7.05 Å². The van der Waals surface area contributed by atoms with Crippen LogP contribution in [-0.2, 0) is 0 Å². The van der Waals surface area contributed by atoms with Crippen molar-refractivity contribution in [3.63, 3.8) is 0 Å². The number of para-hydroxylation sites is 1. The largest absolute Gasteiger partial charge is 0.344 e. The highest BCUT2D eigenvalue weighted by molar-refractivity contribution is 7.13. The molecule has 5 rings (SSSR count). The third kappa shape index (κ3) is 3.23. The normalized spacial score (nSPS) is 18.1. The first kappa shape index (κ1) is 18.8. The Balaban J connectivity index is 1.66. The number of aromatic amines is 1. The molecule has 0 spiro atoms. The molecular formula is C26H22FN2S+. The molecular weight excluding hydrogens is 391 g/mol. The first-order chi connectivity index (χ1) is 14.6. The molecule has 0 saturated heterocycles. The predicted molar refractivity (Wildman–Crippen MR) is 124 cm³/mol. The van der Waals surface area contributed by atoms with Gasteiger partial charge in [0.05, 0.1) is 4.88 Å². The van der Waals surface area contributed by atoms with Gasteiger partial charge in [-0.1, -0.05) is 48.2 Å². The lowest BCUT2D eigenvalue weighted by Crippen LogP contribution is -2.22. The average molecular weight is 414 g/mol. The number of likely N-dealkylation sites (N-methyl/N-ethyl adjacent to an activating group) is 1. The molecule has 1 aliphatic heterocycles. The van der Waals surface area contributed by atoms with E-state index in [1.807, 2.05) is 24.4 Å². The van der Waals surface area contributed by atoms with Gasteiger partial charge in [-0.2, -0.15) is 0 Å². The monoisotopic (exact) mass is 413 g/mol. The molecule has 4 heteroatoms. The van der Waals surface area contributed by atoms with Crippen LogP contribution in [0.4, 0.5) is 10.1 Å². The van der Waals surface area contributed by atoms with Crippen molar-refractivity contribution in [2.45, 2.75) is 12.8 Å². The number of halogens is 1. The number of nitrogens with one attached hydrogen (secondary N) is 1. The molecule has 0 atom stereocenters. The molecule has 1 aliphatic carbocycles. The summed E-state index contributed by atoms with van der Waals surface area (Å²) in [6.45, 7) is 3.87. The molecule has 0 unspecified atom stereocenters. The molecule has 2 nitrogen and oxygen atoms in total. The fourth-order valence-electron chi connectivity index (χ4n) is 4.34. The summed E-state index contributed by atoms with van der Waals surface area (Å²) >= 11 is 1.70. The van der Waals surface area contributed by atoms with Crippen LogP contribution in [0.3, 0.4) is 0 Å². The highest BCUT2D eigenvalue weighted by Crippen LogP contribution is 2.49. The molecule has 3 aromatic rings. The fraction of sp³-hybridized carbons (Fsp3) is 0.115. The summed E-state index contributed by atoms with van der Waals surface area (Å²) in [5.74, 6) is -0.205. The molecule has 148 valence electrons. The van der Waals surface area contributed by atoms with Gasteiger partial charge < -0.3 is 4.90 Å². The first-order valence-electron chi connectivity index (χ1n) is 10.0. The minimum absolute atomic E-state index is 0.205. The average Bonchev–Trinajstić information content (AvgIpc) is 3.40. The molecule has 30 heavy (non-hydrogen) atoms. The van der Waals surface area contributed by atoms with Crippen LogP contribution in [0.15, 0.2) is 78.1 Å². The van der Waals surface area contributed by atoms with E-state index in [1.54, 1.807) is 11.3 Å². The summed E-state index contributed by atoms with van der Waals surface area (Å²) in [7, 11) is 2.14. The Labute approximate surface area is 180 Å². The second kappa shape index (κ2) is 7.54. The highest BCUT2D eigenvalue weighted by Gasteiger charge is 2.32. The predicted octanol–water partition coefficient (Wildman–Crippen LogP) is 6.47. The number of hydrogen-bond donors (Lipinski definition) is 0. The number of rotatable bonds is 3. The summed E-state index contributed by atoms with van der Waals surface area (Å²) < 4.78 is 13.3. The zero-order valence-electron chi connectivity index (χ0n) is 16.8. The SMILES string of the molecule is C=Cc1c[nH+]c(C=C2C3=C(/C(=C/c4ccc(F)cc4)CC3)N(C)c3ccccc32)s1. The molecule has 2 aliphatic rings. The minimum Gasteiger partial charge on any atom is -0.344 e. The van der Waals surface area contributed by atoms with E-state index >= 15 is 0 Å². The Morgan fingerprint density at radius 3 is 2.63 bits per heavy atom. The van der Waals surface area contributed by atoms with Crippen LogP contribution in [0.25, 0.3) is 23.8 Å². The van der Waals surface area contributed by atoms with E-state index in [1.165, 1.54) is 45.8 Å². The number of allylic oxidation sites excluding steroid dienone is 3. The summed E-state index contributed by atoms with van der Waals surface area (Å²) in [5.41, 5.74) is 8.69. The summed E-state index contributed by atoms with van der Waals surface area (Å²) in [5, 5.41) is 1.11. The van der Waals surface area contributed by atoms with Crippen LogP contribution < -0.4 is 9.88 Å². The Kier molecular flexibility index (Phi) is 4.72. The fourth-order valence-corrected chi connectivity index (χ4v) is 5.09. The summed E-state index contributed by atoms with van der Waals surface area (Å²) in [6, 6.07) is 15.3. The molecule has 1 N–H and O–H groups in total. The van der Waals surface area contributed by atoms with E-state index in [9.17, 15) is 4.39 Å². The number of H-pyrrole nitrogens is 1. The van der Waals surface area contributed by atoms with Crippen LogP contribution in [0.5, 0.6) is 0 Å². The maximum absolute atomic E-state index is 13.3. The lowest BCUT2D eigenvalue weighted by molar-refractivity contribution is -0.373. The van der Waals surface area contributed by atoms with Gasteiger partial charge in [0.1, 0.15) is 5.82 Å². The molecule has 0 amide bonds. The second-order valence-corrected chi connectivity index (χ2v) is 8.66. The van der Waals surface area contributed by atoms with E-state index in [2.05, 4.69) is 59.9 Å². The van der Waals surface area contributed by atoms with Gasteiger partial charge in [-0.3, -0.25) is 0 Å². The smallest absolute Gasteiger partial charge is 0.261 e. The van der Waals surface area contributed by atoms with Gasteiger partial charge >= 0.3 is 0 Å². The molecule has 0 fully saturated rings. The van der Waals surface area contributed by atoms with Crippen LogP contribution in [0.1, 0.15) is 33.9 Å². The zero-order valence-corrected chi connectivity index (χ0v) is 17.6. The quantitative estimate of drug-likeness (QED) is 0.481. The number of aromatic nitrogens is 1. The van der Waals surface area contributed by atoms with Gasteiger partial charge in [-0.25, -0.2) is 9.37 Å². The Morgan fingerprint density at radius 2 is 1.87 bits per heavy atom. The van der Waals surface area contributed by atoms with Gasteiger partial charge in [0.15, 0.2) is 6.20 Å². The van der Waals surface area contributed by atoms with Gasteiger partial charge in [0, 0.05) is 30.1 Å². The van der Waals surface area contributed by atoms with Crippen molar-refractivity contribution in [2.75, 3.05) is 11.9 Å². The van der Waals surface area contributed by atoms with Crippen LogP contribution >= 0.6 is 11.3 Å². The van der Waals surface area contributed by atoms with Crippen molar-refractivity contribution in [1.29, 1.82) is 0 Å². The Morgan fingerprint density at radius 1 is 1.07 bits per heavy atom. The molecule has 0 bridgehead atoms. The van der Waals surface area contributed by atoms with Crippen LogP contribution in [0.2, 0.25) is 0 Å². The third-order valence-electron chi connectivity index (χ3n) is 5.72. The van der Waals surface area contributed by atoms with Crippen molar-refractivity contribution < 1.29 is 9.37 Å². The lowest BCUT2D eigenvalue weighted by atomic mass is 9.90. The van der Waals surface area contributed by atoms with Gasteiger partial charge in [0.25, 0.3) is 5.01 Å². The van der Waals surface area contributed by atoms with E-state index in [4.69, 9.17) is 0 Å². The number of anilines is 1. The minimum atomic E-state index is -0.205. The maximum Gasteiger partial charge on any atom is 0.261 e. The molecule has 2 heterocycles. The summed E-state index contributed by atoms with van der Waals surface area (Å²) in [4.78, 5) is 6.80. The first-order valence-corrected chi connectivity index (χ1v) is 10.8. The van der Waals surface area contributed by atoms with E-state index in [-0.39, 0.29) is 5.82 Å². The molecule has 0 saturated carbocycles. The van der Waals surface area contributed by atoms with Crippen molar-refractivity contribution >= 4 is 40.8 Å². The number of thiazole rings is 1. The standard InChI is InChI=1S/C26H21FN2S/c1-3-20-16-28-25(30-20)15-23-21-6-4-5-7-24(21)29(2)26-18(10-13-22(23)26)14-17-8-11-19(27)12-9-17/h3-9,11-12,14-16H,1,10,13H2,2H3/p+1/b18-14+,23-15?. The maximum atomic E-state index is 13.3. The number of fused-ring (bicyclic) bond motifs is 1. The number of benzene rings is 2. The van der Waals surface area contributed by atoms with Crippen molar-refractivity contribution in [1.82, 2.24) is 0 Å². The Bertz CT molecular complexity index is 1230. The number of nitrogens with zero attached hydrogens (tertiary/aromatic N) is 1. The van der Waals surface area contributed by atoms with Gasteiger partial charge in [-0.15, -0.1) is 0 Å².